The topological polar surface area (TPSA) is 63.6 Å². The Bertz CT molecular complexity index is 925. The minimum Gasteiger partial charge on any atom is -0.384 e. The predicted molar refractivity (Wildman–Crippen MR) is 118 cm³/mol. The van der Waals surface area contributed by atoms with E-state index in [0.717, 1.165) is 38.0 Å². The maximum atomic E-state index is 13.1. The smallest absolute Gasteiger partial charge is 0.274 e. The highest BCUT2D eigenvalue weighted by molar-refractivity contribution is 5.76. The summed E-state index contributed by atoms with van der Waals surface area (Å²) in [4.78, 5) is 27.5. The van der Waals surface area contributed by atoms with Crippen LogP contribution < -0.4 is 10.9 Å². The molecule has 2 aromatic rings. The molecular formula is C24H31N3O3. The average molecular weight is 410 g/mol. The summed E-state index contributed by atoms with van der Waals surface area (Å²) in [5, 5.41) is 3.34. The lowest BCUT2D eigenvalue weighted by molar-refractivity contribution is -0.134. The van der Waals surface area contributed by atoms with Gasteiger partial charge in [0, 0.05) is 44.9 Å². The quantitative estimate of drug-likeness (QED) is 0.681. The van der Waals surface area contributed by atoms with Gasteiger partial charge in [0.2, 0.25) is 5.91 Å². The Labute approximate surface area is 177 Å². The minimum atomic E-state index is 0.0704. The monoisotopic (exact) mass is 409 g/mol. The van der Waals surface area contributed by atoms with E-state index >= 15 is 0 Å². The molecule has 2 bridgehead atoms. The first-order valence-corrected chi connectivity index (χ1v) is 10.9. The number of rotatable bonds is 8. The molecule has 4 rings (SSSR count). The van der Waals surface area contributed by atoms with Gasteiger partial charge in [-0.1, -0.05) is 30.3 Å². The molecule has 2 aliphatic heterocycles. The van der Waals surface area contributed by atoms with E-state index in [1.54, 1.807) is 7.11 Å². The summed E-state index contributed by atoms with van der Waals surface area (Å²) in [6.07, 6.45) is 3.46. The Morgan fingerprint density at radius 3 is 2.77 bits per heavy atom. The second kappa shape index (κ2) is 9.47. The number of hydrogen-bond donors (Lipinski definition) is 1. The van der Waals surface area contributed by atoms with Crippen LogP contribution in [0.5, 0.6) is 0 Å². The van der Waals surface area contributed by atoms with Crippen LogP contribution in [0.15, 0.2) is 47.3 Å². The highest BCUT2D eigenvalue weighted by Crippen LogP contribution is 2.35. The largest absolute Gasteiger partial charge is 0.384 e. The zero-order valence-corrected chi connectivity index (χ0v) is 17.7. The number of ether oxygens (including phenoxy) is 1. The van der Waals surface area contributed by atoms with Gasteiger partial charge in [-0.05, 0) is 42.9 Å². The van der Waals surface area contributed by atoms with Gasteiger partial charge in [0.15, 0.2) is 0 Å². The van der Waals surface area contributed by atoms with Gasteiger partial charge in [-0.2, -0.15) is 0 Å². The van der Waals surface area contributed by atoms with E-state index in [1.807, 2.05) is 21.6 Å². The van der Waals surface area contributed by atoms with E-state index in [2.05, 4.69) is 35.6 Å². The molecule has 30 heavy (non-hydrogen) atoms. The third kappa shape index (κ3) is 4.59. The molecule has 1 aromatic carbocycles. The number of hydrogen-bond acceptors (Lipinski definition) is 4. The molecule has 0 saturated carbocycles. The number of nitrogens with one attached hydrogen (secondary N) is 1. The van der Waals surface area contributed by atoms with Crippen LogP contribution in [0.2, 0.25) is 0 Å². The van der Waals surface area contributed by atoms with Gasteiger partial charge in [-0.3, -0.25) is 9.59 Å². The molecule has 1 fully saturated rings. The number of carbonyl (C=O) groups is 1. The number of methoxy groups -OCH3 is 1. The van der Waals surface area contributed by atoms with Crippen molar-refractivity contribution in [3.05, 3.63) is 64.1 Å². The predicted octanol–water partition coefficient (Wildman–Crippen LogP) is 2.88. The summed E-state index contributed by atoms with van der Waals surface area (Å²) >= 11 is 0. The fraction of sp³-hybridized carbons (Fsp3) is 0.500. The van der Waals surface area contributed by atoms with Crippen LogP contribution in [0.4, 0.5) is 5.69 Å². The molecule has 2 atom stereocenters. The SMILES string of the molecule is COCCC(=O)N1C[C@H]2C[C@H](C1)c1ccc(NCCCc3ccccc3)c(=O)n1C2. The van der Waals surface area contributed by atoms with Gasteiger partial charge in [-0.25, -0.2) is 0 Å². The molecule has 1 amide bonds. The summed E-state index contributed by atoms with van der Waals surface area (Å²) in [6.45, 7) is 3.36. The van der Waals surface area contributed by atoms with E-state index < -0.39 is 0 Å². The summed E-state index contributed by atoms with van der Waals surface area (Å²) in [6, 6.07) is 14.4. The van der Waals surface area contributed by atoms with Crippen molar-refractivity contribution < 1.29 is 9.53 Å². The highest BCUT2D eigenvalue weighted by atomic mass is 16.5. The van der Waals surface area contributed by atoms with Crippen molar-refractivity contribution >= 4 is 11.6 Å². The van der Waals surface area contributed by atoms with Gasteiger partial charge in [0.25, 0.3) is 5.56 Å². The Hall–Kier alpha value is -2.60. The van der Waals surface area contributed by atoms with Gasteiger partial charge < -0.3 is 19.5 Å². The van der Waals surface area contributed by atoms with Crippen molar-refractivity contribution in [1.29, 1.82) is 0 Å². The van der Waals surface area contributed by atoms with Crippen LogP contribution in [-0.4, -0.2) is 48.7 Å². The number of benzene rings is 1. The molecule has 1 aromatic heterocycles. The Morgan fingerprint density at radius 1 is 1.13 bits per heavy atom. The minimum absolute atomic E-state index is 0.0704. The molecule has 1 N–H and O–H groups in total. The van der Waals surface area contributed by atoms with Crippen LogP contribution in [0, 0.1) is 5.92 Å². The van der Waals surface area contributed by atoms with Gasteiger partial charge in [-0.15, -0.1) is 0 Å². The number of anilines is 1. The Kier molecular flexibility index (Phi) is 6.53. The van der Waals surface area contributed by atoms with E-state index in [4.69, 9.17) is 4.74 Å². The number of pyridine rings is 1. The molecule has 0 radical (unpaired) electrons. The summed E-state index contributed by atoms with van der Waals surface area (Å²) < 4.78 is 6.99. The van der Waals surface area contributed by atoms with Crippen molar-refractivity contribution in [3.8, 4) is 0 Å². The lowest BCUT2D eigenvalue weighted by Crippen LogP contribution is -2.49. The first kappa shape index (κ1) is 20.7. The molecule has 0 unspecified atom stereocenters. The number of likely N-dealkylation sites (tertiary alicyclic amines) is 1. The third-order valence-electron chi connectivity index (χ3n) is 6.28. The number of fused-ring (bicyclic) bond motifs is 4. The van der Waals surface area contributed by atoms with Gasteiger partial charge in [0.1, 0.15) is 5.69 Å². The number of nitrogens with zero attached hydrogens (tertiary/aromatic N) is 2. The number of piperidine rings is 1. The second-order valence-electron chi connectivity index (χ2n) is 8.44. The summed E-state index contributed by atoms with van der Waals surface area (Å²) in [5.74, 6) is 0.733. The average Bonchev–Trinajstić information content (AvgIpc) is 2.77. The number of carbonyl (C=O) groups excluding carboxylic acids is 1. The molecule has 1 saturated heterocycles. The van der Waals surface area contributed by atoms with Gasteiger partial charge in [0.05, 0.1) is 13.0 Å². The van der Waals surface area contributed by atoms with Crippen LogP contribution in [0.25, 0.3) is 0 Å². The normalized spacial score (nSPS) is 20.0. The number of aromatic nitrogens is 1. The molecule has 3 heterocycles. The molecule has 6 heteroatoms. The van der Waals surface area contributed by atoms with Crippen molar-refractivity contribution in [3.63, 3.8) is 0 Å². The molecular weight excluding hydrogens is 378 g/mol. The molecule has 2 aliphatic rings. The lowest BCUT2D eigenvalue weighted by atomic mass is 9.83. The molecule has 0 aliphatic carbocycles. The fourth-order valence-corrected chi connectivity index (χ4v) is 4.79. The van der Waals surface area contributed by atoms with Crippen LogP contribution >= 0.6 is 0 Å². The highest BCUT2D eigenvalue weighted by Gasteiger charge is 2.36. The van der Waals surface area contributed by atoms with Gasteiger partial charge >= 0.3 is 0 Å². The van der Waals surface area contributed by atoms with Crippen LogP contribution in [0.3, 0.4) is 0 Å². The van der Waals surface area contributed by atoms with Crippen molar-refractivity contribution in [2.45, 2.75) is 38.1 Å². The van der Waals surface area contributed by atoms with E-state index in [1.165, 1.54) is 5.56 Å². The standard InChI is InChI=1S/C24H31N3O3/c1-30-13-11-23(28)26-15-19-14-20(17-26)22-10-9-21(24(29)27(22)16-19)25-12-5-8-18-6-3-2-4-7-18/h2-4,6-7,9-10,19-20,25H,5,8,11-17H2,1H3/t19-,20-/m1/s1. The Balaban J connectivity index is 1.39. The summed E-state index contributed by atoms with van der Waals surface area (Å²) in [7, 11) is 1.62. The van der Waals surface area contributed by atoms with E-state index in [-0.39, 0.29) is 17.4 Å². The maximum absolute atomic E-state index is 13.1. The molecule has 0 spiro atoms. The molecule has 6 nitrogen and oxygen atoms in total. The van der Waals surface area contributed by atoms with Crippen molar-refractivity contribution in [2.24, 2.45) is 5.92 Å². The fourth-order valence-electron chi connectivity index (χ4n) is 4.79. The number of amides is 1. The van der Waals surface area contributed by atoms with Crippen LogP contribution in [-0.2, 0) is 22.5 Å². The van der Waals surface area contributed by atoms with Crippen LogP contribution in [0.1, 0.15) is 36.4 Å². The second-order valence-corrected chi connectivity index (χ2v) is 8.44. The van der Waals surface area contributed by atoms with Crippen molar-refractivity contribution in [2.75, 3.05) is 38.7 Å². The number of aryl methyl sites for hydroxylation is 1. The van der Waals surface area contributed by atoms with Crippen molar-refractivity contribution in [1.82, 2.24) is 9.47 Å². The summed E-state index contributed by atoms with van der Waals surface area (Å²) in [5.41, 5.74) is 3.13. The van der Waals surface area contributed by atoms with E-state index in [9.17, 15) is 9.59 Å². The Morgan fingerprint density at radius 2 is 1.97 bits per heavy atom. The lowest BCUT2D eigenvalue weighted by Gasteiger charge is -2.43. The first-order chi connectivity index (χ1) is 14.7. The maximum Gasteiger partial charge on any atom is 0.274 e. The zero-order chi connectivity index (χ0) is 20.9. The van der Waals surface area contributed by atoms with E-state index in [0.29, 0.717) is 37.7 Å². The first-order valence-electron chi connectivity index (χ1n) is 10.9. The third-order valence-corrected chi connectivity index (χ3v) is 6.28. The zero-order valence-electron chi connectivity index (χ0n) is 17.7. The molecule has 160 valence electrons.